The van der Waals surface area contributed by atoms with Gasteiger partial charge < -0.3 is 10.4 Å². The highest BCUT2D eigenvalue weighted by Gasteiger charge is 2.49. The molecule has 0 bridgehead atoms. The smallest absolute Gasteiger partial charge is 0.179 e. The number of hydrogen-bond acceptors (Lipinski definition) is 4. The second-order valence-corrected chi connectivity index (χ2v) is 12.2. The molecule has 3 aromatic rings. The third-order valence-electron chi connectivity index (χ3n) is 7.66. The molecular weight excluding hydrogens is 466 g/mol. The second kappa shape index (κ2) is 11.6. The Morgan fingerprint density at radius 3 is 2.11 bits per heavy atom. The van der Waals surface area contributed by atoms with Gasteiger partial charge in [-0.25, -0.2) is 8.42 Å². The Morgan fingerprint density at radius 1 is 0.889 bits per heavy atom. The molecule has 0 spiro atoms. The molecule has 0 aliphatic carbocycles. The number of unbranched alkanes of at least 4 members (excludes halogenated alkanes) is 2. The zero-order valence-electron chi connectivity index (χ0n) is 21.5. The van der Waals surface area contributed by atoms with Gasteiger partial charge in [0.25, 0.3) is 0 Å². The predicted octanol–water partition coefficient (Wildman–Crippen LogP) is 6.95. The maximum absolute atomic E-state index is 13.9. The maximum Gasteiger partial charge on any atom is 0.179 e. The van der Waals surface area contributed by atoms with Gasteiger partial charge in [-0.15, -0.1) is 0 Å². The van der Waals surface area contributed by atoms with Gasteiger partial charge in [0.05, 0.1) is 16.8 Å². The molecule has 4 nitrogen and oxygen atoms in total. The third-order valence-corrected chi connectivity index (χ3v) is 9.65. The van der Waals surface area contributed by atoms with E-state index in [1.807, 2.05) is 60.7 Å². The SMILES string of the molecule is CCCCC1(CCCC)CS(=O)(=O)c2ccc(NCc3ccccc3)cc2[C@@H](c2ccccc2)C1O. The van der Waals surface area contributed by atoms with Gasteiger partial charge in [-0.05, 0) is 47.7 Å². The number of fused-ring (bicyclic) bond motifs is 1. The summed E-state index contributed by atoms with van der Waals surface area (Å²) in [7, 11) is -3.59. The first kappa shape index (κ1) is 26.4. The molecule has 36 heavy (non-hydrogen) atoms. The molecule has 192 valence electrons. The number of hydrogen-bond donors (Lipinski definition) is 2. The summed E-state index contributed by atoms with van der Waals surface area (Å²) in [6.07, 6.45) is 4.36. The number of nitrogens with one attached hydrogen (secondary N) is 1. The van der Waals surface area contributed by atoms with Gasteiger partial charge >= 0.3 is 0 Å². The first-order valence-corrected chi connectivity index (χ1v) is 14.9. The lowest BCUT2D eigenvalue weighted by Gasteiger charge is -2.40. The zero-order valence-corrected chi connectivity index (χ0v) is 22.3. The molecular formula is C31H39NO3S. The molecule has 0 fully saturated rings. The second-order valence-electron chi connectivity index (χ2n) is 10.3. The van der Waals surface area contributed by atoms with Crippen LogP contribution in [0.4, 0.5) is 5.69 Å². The number of sulfone groups is 1. The summed E-state index contributed by atoms with van der Waals surface area (Å²) in [4.78, 5) is 0.357. The van der Waals surface area contributed by atoms with Gasteiger partial charge in [-0.3, -0.25) is 0 Å². The Hall–Kier alpha value is -2.63. The van der Waals surface area contributed by atoms with Crippen LogP contribution >= 0.6 is 0 Å². The summed E-state index contributed by atoms with van der Waals surface area (Å²) in [6, 6.07) is 25.6. The van der Waals surface area contributed by atoms with Gasteiger partial charge in [0, 0.05) is 23.6 Å². The van der Waals surface area contributed by atoms with Gasteiger partial charge in [-0.1, -0.05) is 100 Å². The van der Waals surface area contributed by atoms with Crippen molar-refractivity contribution >= 4 is 15.5 Å². The van der Waals surface area contributed by atoms with E-state index in [1.54, 1.807) is 6.07 Å². The van der Waals surface area contributed by atoms with Crippen molar-refractivity contribution in [3.63, 3.8) is 0 Å². The Balaban J connectivity index is 1.83. The summed E-state index contributed by atoms with van der Waals surface area (Å²) in [5.74, 6) is -0.417. The molecule has 4 rings (SSSR count). The number of rotatable bonds is 10. The van der Waals surface area contributed by atoms with Crippen LogP contribution < -0.4 is 5.32 Å². The Labute approximate surface area is 216 Å². The van der Waals surface area contributed by atoms with Crippen LogP contribution in [-0.4, -0.2) is 25.4 Å². The van der Waals surface area contributed by atoms with Gasteiger partial charge in [0.1, 0.15) is 0 Å². The normalized spacial score (nSPS) is 20.3. The largest absolute Gasteiger partial charge is 0.392 e. The third kappa shape index (κ3) is 5.68. The average molecular weight is 506 g/mol. The summed E-state index contributed by atoms with van der Waals surface area (Å²) < 4.78 is 27.8. The number of benzene rings is 3. The number of aliphatic hydroxyl groups excluding tert-OH is 1. The van der Waals surface area contributed by atoms with E-state index in [4.69, 9.17) is 0 Å². The minimum atomic E-state index is -3.59. The van der Waals surface area contributed by atoms with Crippen LogP contribution in [0.5, 0.6) is 0 Å². The van der Waals surface area contributed by atoms with E-state index in [9.17, 15) is 13.5 Å². The standard InChI is InChI=1S/C31H39NO3S/c1-3-5-19-31(20-6-4-2)23-36(34,35)28-18-17-26(32-22-24-13-9-7-10-14-24)21-27(28)29(30(31)33)25-15-11-8-12-16-25/h7-18,21,29-30,32-33H,3-6,19-20,22-23H2,1-2H3/t29-,30?/m1/s1. The van der Waals surface area contributed by atoms with Gasteiger partial charge in [0.2, 0.25) is 0 Å². The van der Waals surface area contributed by atoms with Crippen LogP contribution in [0.25, 0.3) is 0 Å². The molecule has 1 aliphatic rings. The molecule has 3 aromatic carbocycles. The van der Waals surface area contributed by atoms with Crippen LogP contribution in [0.3, 0.4) is 0 Å². The van der Waals surface area contributed by atoms with Crippen LogP contribution in [0.2, 0.25) is 0 Å². The topological polar surface area (TPSA) is 66.4 Å². The molecule has 5 heteroatoms. The fourth-order valence-corrected chi connectivity index (χ4v) is 7.89. The molecule has 1 heterocycles. The average Bonchev–Trinajstić information content (AvgIpc) is 2.96. The molecule has 0 radical (unpaired) electrons. The molecule has 1 unspecified atom stereocenters. The van der Waals surface area contributed by atoms with Crippen molar-refractivity contribution in [2.75, 3.05) is 11.1 Å². The van der Waals surface area contributed by atoms with E-state index >= 15 is 0 Å². The van der Waals surface area contributed by atoms with Crippen molar-refractivity contribution in [3.8, 4) is 0 Å². The van der Waals surface area contributed by atoms with E-state index < -0.39 is 27.3 Å². The molecule has 2 atom stereocenters. The monoisotopic (exact) mass is 505 g/mol. The molecule has 0 aromatic heterocycles. The van der Waals surface area contributed by atoms with E-state index in [0.29, 0.717) is 29.8 Å². The van der Waals surface area contributed by atoms with E-state index in [1.165, 1.54) is 0 Å². The predicted molar refractivity (Wildman–Crippen MR) is 148 cm³/mol. The highest BCUT2D eigenvalue weighted by Crippen LogP contribution is 2.49. The Kier molecular flexibility index (Phi) is 8.53. The minimum Gasteiger partial charge on any atom is -0.392 e. The number of aliphatic hydroxyl groups is 1. The van der Waals surface area contributed by atoms with Crippen LogP contribution in [-0.2, 0) is 16.4 Å². The molecule has 1 aliphatic heterocycles. The number of anilines is 1. The van der Waals surface area contributed by atoms with Gasteiger partial charge in [-0.2, -0.15) is 0 Å². The Morgan fingerprint density at radius 2 is 1.50 bits per heavy atom. The van der Waals surface area contributed by atoms with Gasteiger partial charge in [0.15, 0.2) is 9.84 Å². The quantitative estimate of drug-likeness (QED) is 0.313. The highest BCUT2D eigenvalue weighted by atomic mass is 32.2. The van der Waals surface area contributed by atoms with Crippen molar-refractivity contribution in [2.45, 2.75) is 75.8 Å². The van der Waals surface area contributed by atoms with E-state index in [-0.39, 0.29) is 5.75 Å². The lowest BCUT2D eigenvalue weighted by molar-refractivity contribution is 0.0127. The molecule has 2 N–H and O–H groups in total. The summed E-state index contributed by atoms with van der Waals surface area (Å²) in [6.45, 7) is 4.89. The van der Waals surface area contributed by atoms with Crippen molar-refractivity contribution < 1.29 is 13.5 Å². The van der Waals surface area contributed by atoms with Crippen molar-refractivity contribution in [1.29, 1.82) is 0 Å². The fraction of sp³-hybridized carbons (Fsp3) is 0.419. The highest BCUT2D eigenvalue weighted by molar-refractivity contribution is 7.91. The molecule has 0 saturated heterocycles. The van der Waals surface area contributed by atoms with Crippen LogP contribution in [0, 0.1) is 5.41 Å². The molecule has 0 saturated carbocycles. The zero-order chi connectivity index (χ0) is 25.6. The minimum absolute atomic E-state index is 0.00566. The van der Waals surface area contributed by atoms with Crippen LogP contribution in [0.1, 0.15) is 75.0 Å². The maximum atomic E-state index is 13.9. The summed E-state index contributed by atoms with van der Waals surface area (Å²) >= 11 is 0. The van der Waals surface area contributed by atoms with E-state index in [0.717, 1.165) is 42.5 Å². The van der Waals surface area contributed by atoms with Crippen molar-refractivity contribution in [1.82, 2.24) is 0 Å². The van der Waals surface area contributed by atoms with E-state index in [2.05, 4.69) is 31.3 Å². The van der Waals surface area contributed by atoms with Crippen molar-refractivity contribution in [3.05, 3.63) is 95.6 Å². The first-order valence-electron chi connectivity index (χ1n) is 13.3. The van der Waals surface area contributed by atoms with Crippen molar-refractivity contribution in [2.24, 2.45) is 5.41 Å². The summed E-state index contributed by atoms with van der Waals surface area (Å²) in [5, 5.41) is 15.6. The first-order chi connectivity index (χ1) is 17.4. The summed E-state index contributed by atoms with van der Waals surface area (Å²) in [5.41, 5.74) is 2.98. The Bertz CT molecular complexity index is 1220. The fourth-order valence-electron chi connectivity index (χ4n) is 5.69. The molecule has 0 amide bonds. The lowest BCUT2D eigenvalue weighted by Crippen LogP contribution is -2.43. The lowest BCUT2D eigenvalue weighted by atomic mass is 9.68. The van der Waals surface area contributed by atoms with Crippen LogP contribution in [0.15, 0.2) is 83.8 Å².